The van der Waals surface area contributed by atoms with Crippen LogP contribution >= 0.6 is 31.9 Å². The minimum absolute atomic E-state index is 0.188. The van der Waals surface area contributed by atoms with Gasteiger partial charge in [0, 0.05) is 14.4 Å². The van der Waals surface area contributed by atoms with Gasteiger partial charge in [0.2, 0.25) is 0 Å². The molecule has 0 bridgehead atoms. The molecular formula is C18H17Br2N. The Balaban J connectivity index is 2.08. The molecule has 0 aromatic heterocycles. The molecule has 3 heteroatoms. The Kier molecular flexibility index (Phi) is 3.29. The van der Waals surface area contributed by atoms with Gasteiger partial charge in [0.05, 0.1) is 0 Å². The topological polar surface area (TPSA) is 12.0 Å². The molecule has 2 aliphatic rings. The lowest BCUT2D eigenvalue weighted by atomic mass is 9.70. The van der Waals surface area contributed by atoms with Gasteiger partial charge >= 0.3 is 0 Å². The Morgan fingerprint density at radius 1 is 1.00 bits per heavy atom. The van der Waals surface area contributed by atoms with Crippen LogP contribution in [0.5, 0.6) is 0 Å². The van der Waals surface area contributed by atoms with Crippen LogP contribution in [0.4, 0.5) is 0 Å². The summed E-state index contributed by atoms with van der Waals surface area (Å²) in [6.07, 6.45) is 2.36. The zero-order valence-electron chi connectivity index (χ0n) is 12.0. The lowest BCUT2D eigenvalue weighted by Gasteiger charge is -2.37. The number of halogens is 2. The summed E-state index contributed by atoms with van der Waals surface area (Å²) in [5.41, 5.74) is 7.50. The highest BCUT2D eigenvalue weighted by molar-refractivity contribution is 9.10. The molecule has 0 atom stereocenters. The van der Waals surface area contributed by atoms with Crippen molar-refractivity contribution in [3.05, 3.63) is 56.0 Å². The third-order valence-electron chi connectivity index (χ3n) is 5.12. The number of piperidine rings is 1. The molecular weight excluding hydrogens is 390 g/mol. The minimum atomic E-state index is 0.188. The number of hydrogen-bond donors (Lipinski definition) is 1. The third-order valence-corrected chi connectivity index (χ3v) is 6.47. The van der Waals surface area contributed by atoms with Crippen molar-refractivity contribution in [2.45, 2.75) is 25.2 Å². The molecule has 1 aliphatic heterocycles. The maximum Gasteiger partial charge on any atom is 0.0242 e. The third kappa shape index (κ3) is 1.90. The van der Waals surface area contributed by atoms with Crippen LogP contribution in [0.25, 0.3) is 11.1 Å². The fourth-order valence-electron chi connectivity index (χ4n) is 4.18. The van der Waals surface area contributed by atoms with E-state index >= 15 is 0 Å². The minimum Gasteiger partial charge on any atom is -0.317 e. The second kappa shape index (κ2) is 4.94. The van der Waals surface area contributed by atoms with E-state index in [0.29, 0.717) is 0 Å². The molecule has 1 nitrogen and oxygen atoms in total. The Morgan fingerprint density at radius 3 is 2.48 bits per heavy atom. The van der Waals surface area contributed by atoms with Gasteiger partial charge in [-0.05, 0) is 78.9 Å². The van der Waals surface area contributed by atoms with Gasteiger partial charge in [-0.25, -0.2) is 0 Å². The maximum absolute atomic E-state index is 3.73. The van der Waals surface area contributed by atoms with E-state index in [9.17, 15) is 0 Å². The molecule has 1 fully saturated rings. The Hall–Kier alpha value is -0.640. The van der Waals surface area contributed by atoms with Crippen LogP contribution in [0.2, 0.25) is 0 Å². The van der Waals surface area contributed by atoms with Gasteiger partial charge in [0.25, 0.3) is 0 Å². The summed E-state index contributed by atoms with van der Waals surface area (Å²) in [6, 6.07) is 11.3. The van der Waals surface area contributed by atoms with Crippen molar-refractivity contribution in [2.24, 2.45) is 0 Å². The predicted molar refractivity (Wildman–Crippen MR) is 94.9 cm³/mol. The summed E-state index contributed by atoms with van der Waals surface area (Å²) in [5.74, 6) is 0. The molecule has 108 valence electrons. The standard InChI is InChI=1S/C18H17Br2N/c1-11-16(20)5-4-14-13-3-2-12(19)10-15(13)18(17(11)14)6-8-21-9-7-18/h2-5,10,21H,6-9H2,1H3. The number of benzene rings is 2. The van der Waals surface area contributed by atoms with Crippen LogP contribution in [0.3, 0.4) is 0 Å². The van der Waals surface area contributed by atoms with Crippen molar-refractivity contribution in [2.75, 3.05) is 13.1 Å². The van der Waals surface area contributed by atoms with Gasteiger partial charge < -0.3 is 5.32 Å². The van der Waals surface area contributed by atoms with Crippen LogP contribution in [-0.4, -0.2) is 13.1 Å². The normalized spacial score (nSPS) is 18.6. The molecule has 21 heavy (non-hydrogen) atoms. The van der Waals surface area contributed by atoms with E-state index < -0.39 is 0 Å². The van der Waals surface area contributed by atoms with Gasteiger partial charge in [-0.15, -0.1) is 0 Å². The van der Waals surface area contributed by atoms with Crippen molar-refractivity contribution < 1.29 is 0 Å². The van der Waals surface area contributed by atoms with Crippen molar-refractivity contribution in [1.29, 1.82) is 0 Å². The smallest absolute Gasteiger partial charge is 0.0242 e. The average molecular weight is 407 g/mol. The molecule has 1 heterocycles. The number of hydrogen-bond acceptors (Lipinski definition) is 1. The fraction of sp³-hybridized carbons (Fsp3) is 0.333. The molecule has 4 rings (SSSR count). The lowest BCUT2D eigenvalue weighted by Crippen LogP contribution is -2.39. The Bertz CT molecular complexity index is 730. The molecule has 1 spiro atoms. The first-order chi connectivity index (χ1) is 10.1. The molecule has 0 unspecified atom stereocenters. The number of rotatable bonds is 0. The predicted octanol–water partition coefficient (Wildman–Crippen LogP) is 5.17. The molecule has 2 aromatic carbocycles. The highest BCUT2D eigenvalue weighted by Gasteiger charge is 2.45. The lowest BCUT2D eigenvalue weighted by molar-refractivity contribution is 0.367. The van der Waals surface area contributed by atoms with E-state index in [2.05, 4.69) is 74.4 Å². The van der Waals surface area contributed by atoms with E-state index in [4.69, 9.17) is 0 Å². The quantitative estimate of drug-likeness (QED) is 0.636. The molecule has 0 radical (unpaired) electrons. The highest BCUT2D eigenvalue weighted by atomic mass is 79.9. The summed E-state index contributed by atoms with van der Waals surface area (Å²) in [7, 11) is 0. The summed E-state index contributed by atoms with van der Waals surface area (Å²) >= 11 is 7.40. The molecule has 1 N–H and O–H groups in total. The first kappa shape index (κ1) is 14.0. The van der Waals surface area contributed by atoms with Crippen molar-refractivity contribution in [3.63, 3.8) is 0 Å². The molecule has 1 aliphatic carbocycles. The van der Waals surface area contributed by atoms with Crippen LogP contribution < -0.4 is 5.32 Å². The summed E-state index contributed by atoms with van der Waals surface area (Å²) < 4.78 is 2.41. The van der Waals surface area contributed by atoms with Gasteiger partial charge in [-0.3, -0.25) is 0 Å². The van der Waals surface area contributed by atoms with Crippen LogP contribution in [0, 0.1) is 6.92 Å². The van der Waals surface area contributed by atoms with E-state index in [1.807, 2.05) is 0 Å². The van der Waals surface area contributed by atoms with Crippen molar-refractivity contribution in [1.82, 2.24) is 5.32 Å². The molecule has 2 aromatic rings. The molecule has 1 saturated heterocycles. The van der Waals surface area contributed by atoms with Gasteiger partial charge in [-0.1, -0.05) is 44.0 Å². The second-order valence-electron chi connectivity index (χ2n) is 6.12. The van der Waals surface area contributed by atoms with E-state index in [1.54, 1.807) is 5.56 Å². The summed E-state index contributed by atoms with van der Waals surface area (Å²) in [4.78, 5) is 0. The van der Waals surface area contributed by atoms with Crippen LogP contribution in [-0.2, 0) is 5.41 Å². The first-order valence-corrected chi connectivity index (χ1v) is 9.03. The van der Waals surface area contributed by atoms with Gasteiger partial charge in [0.1, 0.15) is 0 Å². The van der Waals surface area contributed by atoms with E-state index in [-0.39, 0.29) is 5.41 Å². The first-order valence-electron chi connectivity index (χ1n) is 7.44. The Morgan fingerprint density at radius 2 is 1.71 bits per heavy atom. The van der Waals surface area contributed by atoms with Crippen molar-refractivity contribution in [3.8, 4) is 11.1 Å². The second-order valence-corrected chi connectivity index (χ2v) is 7.89. The van der Waals surface area contributed by atoms with Crippen LogP contribution in [0.15, 0.2) is 39.3 Å². The number of fused-ring (bicyclic) bond motifs is 5. The highest BCUT2D eigenvalue weighted by Crippen LogP contribution is 2.55. The zero-order chi connectivity index (χ0) is 14.6. The van der Waals surface area contributed by atoms with Gasteiger partial charge in [0.15, 0.2) is 0 Å². The molecule has 0 amide bonds. The maximum atomic E-state index is 3.73. The van der Waals surface area contributed by atoms with Gasteiger partial charge in [-0.2, -0.15) is 0 Å². The fourth-order valence-corrected chi connectivity index (χ4v) is 4.87. The summed E-state index contributed by atoms with van der Waals surface area (Å²) in [5, 5.41) is 3.52. The number of nitrogens with one attached hydrogen (secondary N) is 1. The van der Waals surface area contributed by atoms with Crippen LogP contribution in [0.1, 0.15) is 29.5 Å². The SMILES string of the molecule is Cc1c(Br)ccc2c1C1(CCNCC1)c1cc(Br)ccc1-2. The van der Waals surface area contributed by atoms with Crippen molar-refractivity contribution >= 4 is 31.9 Å². The zero-order valence-corrected chi connectivity index (χ0v) is 15.1. The van der Waals surface area contributed by atoms with E-state index in [0.717, 1.165) is 13.1 Å². The average Bonchev–Trinajstić information content (AvgIpc) is 2.75. The molecule has 0 saturated carbocycles. The monoisotopic (exact) mass is 405 g/mol. The largest absolute Gasteiger partial charge is 0.317 e. The Labute approximate surface area is 142 Å². The summed E-state index contributed by atoms with van der Waals surface area (Å²) in [6.45, 7) is 4.45. The van der Waals surface area contributed by atoms with E-state index in [1.165, 1.54) is 44.0 Å².